The molecular formula is C54H63BN2O. The lowest BCUT2D eigenvalue weighted by atomic mass is 9.33. The molecule has 0 bridgehead atoms. The Morgan fingerprint density at radius 3 is 1.74 bits per heavy atom. The molecule has 5 aromatic carbocycles. The van der Waals surface area contributed by atoms with Crippen LogP contribution in [0.5, 0.6) is 0 Å². The average molecular weight is 767 g/mol. The number of aryl methyl sites for hydroxylation is 2. The number of rotatable bonds is 2. The summed E-state index contributed by atoms with van der Waals surface area (Å²) in [6, 6.07) is 33.5. The second-order valence-electron chi connectivity index (χ2n) is 22.4. The van der Waals surface area contributed by atoms with E-state index in [0.717, 1.165) is 17.9 Å². The molecule has 2 aliphatic heterocycles. The second-order valence-corrected chi connectivity index (χ2v) is 22.4. The van der Waals surface area contributed by atoms with Gasteiger partial charge < -0.3 is 9.32 Å². The van der Waals surface area contributed by atoms with E-state index in [0.29, 0.717) is 0 Å². The highest BCUT2D eigenvalue weighted by atomic mass is 16.4. The van der Waals surface area contributed by atoms with E-state index in [-0.39, 0.29) is 33.8 Å². The number of fused-ring (bicyclic) bond motifs is 7. The van der Waals surface area contributed by atoms with Crippen molar-refractivity contribution in [1.29, 1.82) is 0 Å². The zero-order chi connectivity index (χ0) is 41.6. The van der Waals surface area contributed by atoms with Crippen molar-refractivity contribution < 1.29 is 4.42 Å². The van der Waals surface area contributed by atoms with Gasteiger partial charge in [-0.05, 0) is 152 Å². The van der Waals surface area contributed by atoms with Crippen LogP contribution >= 0.6 is 0 Å². The Kier molecular flexibility index (Phi) is 8.31. The van der Waals surface area contributed by atoms with Gasteiger partial charge in [0.15, 0.2) is 0 Å². The van der Waals surface area contributed by atoms with Crippen LogP contribution in [-0.2, 0) is 27.1 Å². The molecule has 0 N–H and O–H groups in total. The zero-order valence-electron chi connectivity index (χ0n) is 37.9. The van der Waals surface area contributed by atoms with Crippen LogP contribution in [0.3, 0.4) is 0 Å². The van der Waals surface area contributed by atoms with Gasteiger partial charge >= 0.3 is 0 Å². The Bertz CT molecular complexity index is 2670. The van der Waals surface area contributed by atoms with Crippen LogP contribution < -0.4 is 26.2 Å². The van der Waals surface area contributed by atoms with Gasteiger partial charge in [0.1, 0.15) is 5.58 Å². The van der Waals surface area contributed by atoms with Crippen molar-refractivity contribution in [2.24, 2.45) is 0 Å². The van der Waals surface area contributed by atoms with E-state index in [1.807, 2.05) is 0 Å². The summed E-state index contributed by atoms with van der Waals surface area (Å²) in [4.78, 5) is 5.06. The highest BCUT2D eigenvalue weighted by Crippen LogP contribution is 2.51. The quantitative estimate of drug-likeness (QED) is 0.163. The molecule has 0 unspecified atom stereocenters. The zero-order valence-corrected chi connectivity index (χ0v) is 37.9. The van der Waals surface area contributed by atoms with Crippen molar-refractivity contribution in [2.75, 3.05) is 9.80 Å². The van der Waals surface area contributed by atoms with Gasteiger partial charge in [0, 0.05) is 33.6 Å². The van der Waals surface area contributed by atoms with Gasteiger partial charge in [-0.25, -0.2) is 0 Å². The van der Waals surface area contributed by atoms with Crippen LogP contribution in [0.15, 0.2) is 89.3 Å². The second kappa shape index (κ2) is 12.4. The van der Waals surface area contributed by atoms with Gasteiger partial charge in [0.05, 0.1) is 5.69 Å². The first-order valence-corrected chi connectivity index (χ1v) is 21.7. The first-order valence-electron chi connectivity index (χ1n) is 21.7. The van der Waals surface area contributed by atoms with Crippen LogP contribution in [-0.4, -0.2) is 6.71 Å². The Morgan fingerprint density at radius 1 is 0.552 bits per heavy atom. The van der Waals surface area contributed by atoms with E-state index in [2.05, 4.69) is 199 Å². The largest absolute Gasteiger partial charge is 0.440 e. The molecule has 0 saturated heterocycles. The summed E-state index contributed by atoms with van der Waals surface area (Å²) in [6.45, 7) is 35.1. The van der Waals surface area contributed by atoms with Crippen LogP contribution in [0.4, 0.5) is 34.3 Å². The summed E-state index contributed by atoms with van der Waals surface area (Å²) in [5.74, 6) is 0.947. The van der Waals surface area contributed by atoms with Crippen LogP contribution in [0, 0.1) is 13.8 Å². The maximum Gasteiger partial charge on any atom is 0.257 e. The maximum absolute atomic E-state index is 7.40. The smallest absolute Gasteiger partial charge is 0.257 e. The normalized spacial score (nSPS) is 16.9. The minimum atomic E-state index is -0.0175. The monoisotopic (exact) mass is 767 g/mol. The highest BCUT2D eigenvalue weighted by Gasteiger charge is 2.48. The molecule has 1 aromatic heterocycles. The molecule has 1 aliphatic carbocycles. The summed E-state index contributed by atoms with van der Waals surface area (Å²) in [6.07, 6.45) is 2.33. The summed E-state index contributed by atoms with van der Waals surface area (Å²) in [7, 11) is 0. The molecule has 9 rings (SSSR count). The number of benzene rings is 5. The molecule has 3 heterocycles. The molecule has 0 atom stereocenters. The van der Waals surface area contributed by atoms with Crippen molar-refractivity contribution in [1.82, 2.24) is 0 Å². The van der Waals surface area contributed by atoms with E-state index in [1.54, 1.807) is 0 Å². The third-order valence-corrected chi connectivity index (χ3v) is 13.9. The molecule has 6 aromatic rings. The molecule has 0 fully saturated rings. The minimum absolute atomic E-state index is 0.0100. The third-order valence-electron chi connectivity index (χ3n) is 13.9. The third kappa shape index (κ3) is 5.90. The molecule has 4 heteroatoms. The Hall–Kier alpha value is -4.70. The molecule has 3 aliphatic rings. The summed E-state index contributed by atoms with van der Waals surface area (Å²) in [5.41, 5.74) is 20.5. The Balaban J connectivity index is 1.42. The Labute approximate surface area is 348 Å². The van der Waals surface area contributed by atoms with Gasteiger partial charge in [-0.1, -0.05) is 126 Å². The van der Waals surface area contributed by atoms with Gasteiger partial charge in [-0.2, -0.15) is 0 Å². The van der Waals surface area contributed by atoms with E-state index >= 15 is 0 Å². The fraction of sp³-hybridized carbons (Fsp3) is 0.407. The number of furan rings is 1. The Morgan fingerprint density at radius 2 is 1.12 bits per heavy atom. The van der Waals surface area contributed by atoms with Crippen molar-refractivity contribution >= 4 is 68.4 Å². The summed E-state index contributed by atoms with van der Waals surface area (Å²) >= 11 is 0. The first-order chi connectivity index (χ1) is 27.0. The predicted molar refractivity (Wildman–Crippen MR) is 251 cm³/mol. The van der Waals surface area contributed by atoms with E-state index in [4.69, 9.17) is 4.42 Å². The van der Waals surface area contributed by atoms with E-state index in [9.17, 15) is 0 Å². The molecule has 0 spiro atoms. The van der Waals surface area contributed by atoms with Gasteiger partial charge in [-0.3, -0.25) is 4.90 Å². The molecule has 0 saturated carbocycles. The molecule has 298 valence electrons. The van der Waals surface area contributed by atoms with Crippen LogP contribution in [0.2, 0.25) is 0 Å². The van der Waals surface area contributed by atoms with E-state index < -0.39 is 0 Å². The van der Waals surface area contributed by atoms with Gasteiger partial charge in [0.25, 0.3) is 6.71 Å². The first kappa shape index (κ1) is 38.8. The van der Waals surface area contributed by atoms with Crippen molar-refractivity contribution in [3.63, 3.8) is 0 Å². The lowest BCUT2D eigenvalue weighted by Crippen LogP contribution is -2.61. The lowest BCUT2D eigenvalue weighted by Gasteiger charge is -2.44. The van der Waals surface area contributed by atoms with Gasteiger partial charge in [-0.15, -0.1) is 0 Å². The van der Waals surface area contributed by atoms with Gasteiger partial charge in [0.2, 0.25) is 5.88 Å². The van der Waals surface area contributed by atoms with Crippen molar-refractivity contribution in [3.8, 4) is 0 Å². The number of hydrogen-bond acceptors (Lipinski definition) is 3. The SMILES string of the molecule is Cc1cc2c3c(c1)N(c1ccc(C(C)(C)C)cc1C)c1oc4cc5c(cc4c1B3c1ccc(C(C)(C)C)cc1N2c1cccc(C(C)(C)C)c1)C(C)(C)CCC5(C)C. The van der Waals surface area contributed by atoms with Crippen molar-refractivity contribution in [3.05, 3.63) is 124 Å². The molecular weight excluding hydrogens is 703 g/mol. The summed E-state index contributed by atoms with van der Waals surface area (Å²) in [5, 5.41) is 1.24. The van der Waals surface area contributed by atoms with E-state index in [1.165, 1.54) is 95.6 Å². The molecule has 3 nitrogen and oxygen atoms in total. The van der Waals surface area contributed by atoms with Crippen LogP contribution in [0.1, 0.15) is 142 Å². The molecule has 0 amide bonds. The number of hydrogen-bond donors (Lipinski definition) is 0. The predicted octanol–water partition coefficient (Wildman–Crippen LogP) is 13.4. The van der Waals surface area contributed by atoms with Crippen molar-refractivity contribution in [2.45, 2.75) is 144 Å². The summed E-state index contributed by atoms with van der Waals surface area (Å²) < 4.78 is 7.40. The maximum atomic E-state index is 7.40. The number of nitrogens with zero attached hydrogens (tertiary/aromatic N) is 2. The highest BCUT2D eigenvalue weighted by molar-refractivity contribution is 7.01. The minimum Gasteiger partial charge on any atom is -0.440 e. The number of anilines is 6. The van der Waals surface area contributed by atoms with Crippen LogP contribution in [0.25, 0.3) is 11.0 Å². The molecule has 58 heavy (non-hydrogen) atoms. The fourth-order valence-electron chi connectivity index (χ4n) is 10.2. The topological polar surface area (TPSA) is 19.6 Å². The fourth-order valence-corrected chi connectivity index (χ4v) is 10.2. The average Bonchev–Trinajstić information content (AvgIpc) is 3.50. The standard InChI is InChI=1S/C54H63BN2O/c1-32-25-44-48-45(26-32)57(42-22-20-35(27-33(42)2)51(6,7)8)49-47(38-30-39-40(31-46(38)58-49)54(14,15)24-23-53(39,12)13)55(48)41-21-19-36(52(9,10)11)29-43(41)56(44)37-18-16-17-34(28-37)50(3,4)5/h16-22,25-31H,23-24H2,1-15H3. The lowest BCUT2D eigenvalue weighted by molar-refractivity contribution is 0.332. The molecule has 0 radical (unpaired) electrons.